The first-order valence-electron chi connectivity index (χ1n) is 8.12. The van der Waals surface area contributed by atoms with Crippen LogP contribution in [0.4, 0.5) is 5.69 Å². The van der Waals surface area contributed by atoms with E-state index in [1.54, 1.807) is 0 Å². The highest BCUT2D eigenvalue weighted by Gasteiger charge is 2.30. The molecule has 1 aliphatic rings. The lowest BCUT2D eigenvalue weighted by Crippen LogP contribution is -2.49. The number of unbranched alkanes of at least 4 members (excludes halogenated alkanes) is 1. The molecule has 8 heteroatoms. The van der Waals surface area contributed by atoms with Crippen LogP contribution in [-0.2, 0) is 14.9 Å². The zero-order valence-electron chi connectivity index (χ0n) is 13.7. The van der Waals surface area contributed by atoms with E-state index in [1.165, 1.54) is 0 Å². The largest absolute Gasteiger partial charge is 0.748 e. The molecule has 1 aromatic rings. The number of para-hydroxylation sites is 2. The molecule has 1 aliphatic heterocycles. The van der Waals surface area contributed by atoms with Crippen molar-refractivity contribution in [1.29, 1.82) is 0 Å². The van der Waals surface area contributed by atoms with Crippen molar-refractivity contribution in [3.05, 3.63) is 24.3 Å². The van der Waals surface area contributed by atoms with Crippen molar-refractivity contribution >= 4 is 21.7 Å². The maximum atomic E-state index is 12.2. The molecule has 0 spiro atoms. The number of hydrogen-bond donors (Lipinski definition) is 1. The standard InChI is InChI=1S/C16H24N2O5S/c1-2-9-17-16(19)15-12-18(10-5-6-11-24(20,21)22)13-7-3-4-8-14(13)23-15/h3-4,7-8,15H,2,5-6,9-12H2,1H3,(H,17,19)(H,20,21,22)/p-1/t15-/m1/s1. The number of benzene rings is 1. The lowest BCUT2D eigenvalue weighted by Gasteiger charge is -2.35. The van der Waals surface area contributed by atoms with Crippen molar-refractivity contribution in [2.24, 2.45) is 0 Å². The fourth-order valence-corrected chi connectivity index (χ4v) is 3.16. The number of anilines is 1. The molecule has 0 saturated carbocycles. The smallest absolute Gasteiger partial charge is 0.262 e. The van der Waals surface area contributed by atoms with Gasteiger partial charge in [0.25, 0.3) is 5.91 Å². The third-order valence-electron chi connectivity index (χ3n) is 3.78. The zero-order chi connectivity index (χ0) is 17.6. The molecule has 0 aliphatic carbocycles. The Hall–Kier alpha value is -1.80. The van der Waals surface area contributed by atoms with Gasteiger partial charge in [0, 0.05) is 18.8 Å². The first-order chi connectivity index (χ1) is 11.4. The summed E-state index contributed by atoms with van der Waals surface area (Å²) in [5.74, 6) is 0.120. The summed E-state index contributed by atoms with van der Waals surface area (Å²) in [7, 11) is -4.18. The van der Waals surface area contributed by atoms with Gasteiger partial charge in [0.05, 0.1) is 22.4 Å². The normalized spacial score (nSPS) is 17.1. The van der Waals surface area contributed by atoms with Crippen LogP contribution in [0.15, 0.2) is 24.3 Å². The molecule has 0 fully saturated rings. The predicted molar refractivity (Wildman–Crippen MR) is 90.2 cm³/mol. The van der Waals surface area contributed by atoms with Gasteiger partial charge in [0.2, 0.25) is 0 Å². The average Bonchev–Trinajstić information content (AvgIpc) is 2.55. The second-order valence-corrected chi connectivity index (χ2v) is 7.30. The number of fused-ring (bicyclic) bond motifs is 1. The Bertz CT molecular complexity index is 662. The summed E-state index contributed by atoms with van der Waals surface area (Å²) in [6, 6.07) is 7.44. The van der Waals surface area contributed by atoms with Gasteiger partial charge in [0.15, 0.2) is 6.10 Å². The SMILES string of the molecule is CCCNC(=O)[C@H]1CN(CCCCS(=O)(=O)[O-])c2ccccc2O1. The Morgan fingerprint density at radius 2 is 2.12 bits per heavy atom. The lowest BCUT2D eigenvalue weighted by atomic mass is 10.1. The molecule has 0 radical (unpaired) electrons. The number of nitrogens with zero attached hydrogens (tertiary/aromatic N) is 1. The highest BCUT2D eigenvalue weighted by atomic mass is 32.2. The molecule has 0 unspecified atom stereocenters. The molecular formula is C16H23N2O5S-. The molecule has 24 heavy (non-hydrogen) atoms. The van der Waals surface area contributed by atoms with E-state index < -0.39 is 16.2 Å². The average molecular weight is 355 g/mol. The highest BCUT2D eigenvalue weighted by molar-refractivity contribution is 7.85. The zero-order valence-corrected chi connectivity index (χ0v) is 14.5. The Morgan fingerprint density at radius 1 is 1.38 bits per heavy atom. The molecule has 2 rings (SSSR count). The number of carbonyl (C=O) groups is 1. The van der Waals surface area contributed by atoms with E-state index in [4.69, 9.17) is 4.74 Å². The predicted octanol–water partition coefficient (Wildman–Crippen LogP) is 1.11. The van der Waals surface area contributed by atoms with E-state index in [0.717, 1.165) is 12.1 Å². The Kier molecular flexibility index (Phi) is 6.44. The van der Waals surface area contributed by atoms with Crippen LogP contribution in [0, 0.1) is 0 Å². The first-order valence-corrected chi connectivity index (χ1v) is 9.70. The van der Waals surface area contributed by atoms with Crippen molar-refractivity contribution in [2.75, 3.05) is 30.3 Å². The monoisotopic (exact) mass is 355 g/mol. The van der Waals surface area contributed by atoms with Gasteiger partial charge in [-0.1, -0.05) is 19.1 Å². The van der Waals surface area contributed by atoms with Gasteiger partial charge in [0.1, 0.15) is 5.75 Å². The van der Waals surface area contributed by atoms with Crippen LogP contribution >= 0.6 is 0 Å². The summed E-state index contributed by atoms with van der Waals surface area (Å²) >= 11 is 0. The molecule has 0 bridgehead atoms. The van der Waals surface area contributed by atoms with Crippen LogP contribution in [0.1, 0.15) is 26.2 Å². The van der Waals surface area contributed by atoms with Crippen LogP contribution in [-0.4, -0.2) is 50.4 Å². The summed E-state index contributed by atoms with van der Waals surface area (Å²) in [6.07, 6.45) is 1.11. The Morgan fingerprint density at radius 3 is 2.83 bits per heavy atom. The number of carbonyl (C=O) groups excluding carboxylic acids is 1. The van der Waals surface area contributed by atoms with Crippen molar-refractivity contribution in [1.82, 2.24) is 5.32 Å². The van der Waals surface area contributed by atoms with Gasteiger partial charge in [-0.2, -0.15) is 0 Å². The van der Waals surface area contributed by atoms with Crippen LogP contribution in [0.25, 0.3) is 0 Å². The summed E-state index contributed by atoms with van der Waals surface area (Å²) < 4.78 is 37.8. The molecule has 1 atom stereocenters. The fourth-order valence-electron chi connectivity index (χ4n) is 2.60. The molecule has 1 N–H and O–H groups in total. The third kappa shape index (κ3) is 5.38. The molecule has 1 heterocycles. The molecule has 0 saturated heterocycles. The second kappa shape index (κ2) is 8.34. The van der Waals surface area contributed by atoms with Crippen molar-refractivity contribution in [2.45, 2.75) is 32.3 Å². The first kappa shape index (κ1) is 18.5. The molecule has 1 amide bonds. The van der Waals surface area contributed by atoms with Crippen molar-refractivity contribution < 1.29 is 22.5 Å². The third-order valence-corrected chi connectivity index (χ3v) is 4.56. The Labute approximate surface area is 142 Å². The van der Waals surface area contributed by atoms with Gasteiger partial charge in [-0.05, 0) is 31.4 Å². The number of rotatable bonds is 8. The number of amides is 1. The summed E-state index contributed by atoms with van der Waals surface area (Å²) in [5.41, 5.74) is 0.877. The number of nitrogens with one attached hydrogen (secondary N) is 1. The minimum Gasteiger partial charge on any atom is -0.748 e. The maximum Gasteiger partial charge on any atom is 0.262 e. The maximum absolute atomic E-state index is 12.2. The molecule has 0 aromatic heterocycles. The minimum atomic E-state index is -4.18. The summed E-state index contributed by atoms with van der Waals surface area (Å²) in [4.78, 5) is 14.2. The fraction of sp³-hybridized carbons (Fsp3) is 0.562. The van der Waals surface area contributed by atoms with Gasteiger partial charge in [-0.25, -0.2) is 8.42 Å². The van der Waals surface area contributed by atoms with E-state index >= 15 is 0 Å². The van der Waals surface area contributed by atoms with Crippen LogP contribution in [0.3, 0.4) is 0 Å². The summed E-state index contributed by atoms with van der Waals surface area (Å²) in [5, 5.41) is 2.83. The highest BCUT2D eigenvalue weighted by Crippen LogP contribution is 2.33. The topological polar surface area (TPSA) is 98.8 Å². The molecule has 134 valence electrons. The van der Waals surface area contributed by atoms with Crippen molar-refractivity contribution in [3.63, 3.8) is 0 Å². The Balaban J connectivity index is 2.01. The van der Waals surface area contributed by atoms with Gasteiger partial charge in [-0.15, -0.1) is 0 Å². The van der Waals surface area contributed by atoms with Gasteiger partial charge >= 0.3 is 0 Å². The van der Waals surface area contributed by atoms with Crippen LogP contribution in [0.5, 0.6) is 5.75 Å². The minimum absolute atomic E-state index is 0.154. The summed E-state index contributed by atoms with van der Waals surface area (Å²) in [6.45, 7) is 3.54. The number of ether oxygens (including phenoxy) is 1. The van der Waals surface area contributed by atoms with E-state index in [1.807, 2.05) is 36.1 Å². The van der Waals surface area contributed by atoms with E-state index in [0.29, 0.717) is 38.2 Å². The van der Waals surface area contributed by atoms with E-state index in [9.17, 15) is 17.8 Å². The lowest BCUT2D eigenvalue weighted by molar-refractivity contribution is -0.127. The quantitative estimate of drug-likeness (QED) is 0.554. The molecular weight excluding hydrogens is 332 g/mol. The van der Waals surface area contributed by atoms with Crippen molar-refractivity contribution in [3.8, 4) is 5.75 Å². The molecule has 1 aromatic carbocycles. The van der Waals surface area contributed by atoms with Gasteiger partial charge in [-0.3, -0.25) is 4.79 Å². The van der Waals surface area contributed by atoms with Crippen LogP contribution in [0.2, 0.25) is 0 Å². The van der Waals surface area contributed by atoms with Crippen LogP contribution < -0.4 is 15.0 Å². The second-order valence-electron chi connectivity index (χ2n) is 5.78. The number of hydrogen-bond acceptors (Lipinski definition) is 6. The molecule has 7 nitrogen and oxygen atoms in total. The van der Waals surface area contributed by atoms with E-state index in [2.05, 4.69) is 5.32 Å². The van der Waals surface area contributed by atoms with Gasteiger partial charge < -0.3 is 19.5 Å². The van der Waals surface area contributed by atoms with E-state index in [-0.39, 0.29) is 11.7 Å².